The SMILES string of the molecule is CC(C)(C)c1ccc(C(=O)Nc2cn3nc(-c4cccc(C(F)(F)F)c4)ccc3n2)cc1. The number of halogens is 3. The van der Waals surface area contributed by atoms with Gasteiger partial charge in [-0.05, 0) is 47.4 Å². The third kappa shape index (κ3) is 4.49. The predicted octanol–water partition coefficient (Wildman–Crippen LogP) is 5.96. The first-order valence-corrected chi connectivity index (χ1v) is 9.97. The number of nitrogens with one attached hydrogen (secondary N) is 1. The van der Waals surface area contributed by atoms with E-state index in [1.54, 1.807) is 30.3 Å². The quantitative estimate of drug-likeness (QED) is 0.429. The lowest BCUT2D eigenvalue weighted by atomic mass is 9.87. The summed E-state index contributed by atoms with van der Waals surface area (Å²) in [5, 5.41) is 7.08. The van der Waals surface area contributed by atoms with Crippen molar-refractivity contribution in [1.29, 1.82) is 0 Å². The number of hydrogen-bond acceptors (Lipinski definition) is 3. The monoisotopic (exact) mass is 438 g/mol. The molecule has 2 heterocycles. The minimum Gasteiger partial charge on any atom is -0.305 e. The molecule has 2 aromatic carbocycles. The largest absolute Gasteiger partial charge is 0.416 e. The summed E-state index contributed by atoms with van der Waals surface area (Å²) in [5.41, 5.74) is 2.00. The first-order valence-electron chi connectivity index (χ1n) is 9.97. The molecule has 1 N–H and O–H groups in total. The average Bonchev–Trinajstić information content (AvgIpc) is 3.14. The Bertz CT molecular complexity index is 1290. The number of amides is 1. The fraction of sp³-hybridized carbons (Fsp3) is 0.208. The Morgan fingerprint density at radius 2 is 1.66 bits per heavy atom. The molecule has 0 saturated carbocycles. The van der Waals surface area contributed by atoms with Crippen LogP contribution >= 0.6 is 0 Å². The highest BCUT2D eigenvalue weighted by atomic mass is 19.4. The van der Waals surface area contributed by atoms with Gasteiger partial charge in [-0.15, -0.1) is 0 Å². The molecule has 0 aliphatic rings. The van der Waals surface area contributed by atoms with Gasteiger partial charge in [-0.25, -0.2) is 9.50 Å². The maximum atomic E-state index is 13.0. The van der Waals surface area contributed by atoms with Gasteiger partial charge in [0.1, 0.15) is 0 Å². The number of aromatic nitrogens is 3. The van der Waals surface area contributed by atoms with Gasteiger partial charge in [-0.1, -0.05) is 45.0 Å². The lowest BCUT2D eigenvalue weighted by Gasteiger charge is -2.18. The van der Waals surface area contributed by atoms with E-state index < -0.39 is 11.7 Å². The molecule has 4 rings (SSSR count). The van der Waals surface area contributed by atoms with Crippen molar-refractivity contribution >= 4 is 17.4 Å². The van der Waals surface area contributed by atoms with Crippen molar-refractivity contribution in [1.82, 2.24) is 14.6 Å². The molecule has 2 aromatic heterocycles. The van der Waals surface area contributed by atoms with Crippen LogP contribution in [0.3, 0.4) is 0 Å². The van der Waals surface area contributed by atoms with E-state index in [-0.39, 0.29) is 11.3 Å². The molecule has 0 saturated heterocycles. The molecule has 32 heavy (non-hydrogen) atoms. The van der Waals surface area contributed by atoms with Crippen LogP contribution in [0.4, 0.5) is 19.0 Å². The van der Waals surface area contributed by atoms with E-state index >= 15 is 0 Å². The van der Waals surface area contributed by atoms with Gasteiger partial charge in [-0.2, -0.15) is 18.3 Å². The minimum atomic E-state index is -4.43. The van der Waals surface area contributed by atoms with Gasteiger partial charge >= 0.3 is 6.18 Å². The smallest absolute Gasteiger partial charge is 0.305 e. The number of fused-ring (bicyclic) bond motifs is 1. The number of carbonyl (C=O) groups is 1. The summed E-state index contributed by atoms with van der Waals surface area (Å²) in [6, 6.07) is 15.5. The molecular formula is C24H21F3N4O. The van der Waals surface area contributed by atoms with Crippen LogP contribution in [0, 0.1) is 0 Å². The summed E-state index contributed by atoms with van der Waals surface area (Å²) in [7, 11) is 0. The van der Waals surface area contributed by atoms with Gasteiger partial charge in [0.2, 0.25) is 0 Å². The van der Waals surface area contributed by atoms with E-state index in [9.17, 15) is 18.0 Å². The summed E-state index contributed by atoms with van der Waals surface area (Å²) in [5.74, 6) is -0.0180. The number of nitrogens with zero attached hydrogens (tertiary/aromatic N) is 3. The lowest BCUT2D eigenvalue weighted by Crippen LogP contribution is -2.14. The van der Waals surface area contributed by atoms with Crippen LogP contribution < -0.4 is 5.32 Å². The molecule has 8 heteroatoms. The van der Waals surface area contributed by atoms with Gasteiger partial charge in [0.25, 0.3) is 5.91 Å². The fourth-order valence-corrected chi connectivity index (χ4v) is 3.26. The van der Waals surface area contributed by atoms with Crippen LogP contribution in [0.2, 0.25) is 0 Å². The van der Waals surface area contributed by atoms with Crippen molar-refractivity contribution in [2.24, 2.45) is 0 Å². The molecule has 164 valence electrons. The molecule has 0 aliphatic carbocycles. The molecule has 0 atom stereocenters. The molecule has 5 nitrogen and oxygen atoms in total. The van der Waals surface area contributed by atoms with Crippen LogP contribution in [0.25, 0.3) is 16.9 Å². The van der Waals surface area contributed by atoms with E-state index in [2.05, 4.69) is 36.2 Å². The second kappa shape index (κ2) is 7.78. The van der Waals surface area contributed by atoms with E-state index in [1.165, 1.54) is 16.8 Å². The lowest BCUT2D eigenvalue weighted by molar-refractivity contribution is -0.137. The molecule has 0 unspecified atom stereocenters. The molecule has 0 aliphatic heterocycles. The van der Waals surface area contributed by atoms with Crippen molar-refractivity contribution in [3.05, 3.63) is 83.6 Å². The zero-order valence-electron chi connectivity index (χ0n) is 17.7. The standard InChI is InChI=1S/C24H21F3N4O/c1-23(2,3)17-9-7-15(8-10-17)22(32)29-20-14-31-21(28-20)12-11-19(30-31)16-5-4-6-18(13-16)24(25,26)27/h4-14H,1-3H3,(H,29,32). The number of alkyl halides is 3. The summed E-state index contributed by atoms with van der Waals surface area (Å²) >= 11 is 0. The molecule has 4 aromatic rings. The number of rotatable bonds is 3. The first kappa shape index (κ1) is 21.5. The Morgan fingerprint density at radius 3 is 2.31 bits per heavy atom. The Kier molecular flexibility index (Phi) is 5.24. The first-order chi connectivity index (χ1) is 15.0. The highest BCUT2D eigenvalue weighted by molar-refractivity contribution is 6.03. The zero-order chi connectivity index (χ0) is 23.1. The molecule has 0 spiro atoms. The average molecular weight is 438 g/mol. The normalized spacial score (nSPS) is 12.2. The second-order valence-corrected chi connectivity index (χ2v) is 8.51. The Balaban J connectivity index is 1.56. The Morgan fingerprint density at radius 1 is 0.938 bits per heavy atom. The number of benzene rings is 2. The van der Waals surface area contributed by atoms with Gasteiger partial charge in [0.05, 0.1) is 17.5 Å². The van der Waals surface area contributed by atoms with Crippen molar-refractivity contribution in [2.45, 2.75) is 32.4 Å². The van der Waals surface area contributed by atoms with E-state index in [1.807, 2.05) is 12.1 Å². The minimum absolute atomic E-state index is 0.0143. The van der Waals surface area contributed by atoms with Crippen LogP contribution in [-0.2, 0) is 11.6 Å². The summed E-state index contributed by atoms with van der Waals surface area (Å²) < 4.78 is 40.4. The van der Waals surface area contributed by atoms with Gasteiger partial charge in [-0.3, -0.25) is 4.79 Å². The van der Waals surface area contributed by atoms with E-state index in [4.69, 9.17) is 0 Å². The van der Waals surface area contributed by atoms with Crippen molar-refractivity contribution < 1.29 is 18.0 Å². The highest BCUT2D eigenvalue weighted by Gasteiger charge is 2.30. The molecule has 0 bridgehead atoms. The van der Waals surface area contributed by atoms with Gasteiger partial charge in [0.15, 0.2) is 11.5 Å². The van der Waals surface area contributed by atoms with E-state index in [0.29, 0.717) is 28.3 Å². The maximum absolute atomic E-state index is 13.0. The summed E-state index contributed by atoms with van der Waals surface area (Å²) in [4.78, 5) is 16.9. The summed E-state index contributed by atoms with van der Waals surface area (Å²) in [6.07, 6.45) is -2.91. The van der Waals surface area contributed by atoms with Crippen molar-refractivity contribution in [3.63, 3.8) is 0 Å². The van der Waals surface area contributed by atoms with E-state index in [0.717, 1.165) is 17.7 Å². The zero-order valence-corrected chi connectivity index (χ0v) is 17.7. The predicted molar refractivity (Wildman–Crippen MR) is 117 cm³/mol. The van der Waals surface area contributed by atoms with Crippen LogP contribution in [0.15, 0.2) is 66.9 Å². The van der Waals surface area contributed by atoms with Gasteiger partial charge < -0.3 is 5.32 Å². The van der Waals surface area contributed by atoms with Crippen LogP contribution in [-0.4, -0.2) is 20.5 Å². The summed E-state index contributed by atoms with van der Waals surface area (Å²) in [6.45, 7) is 6.29. The molecular weight excluding hydrogens is 417 g/mol. The number of carbonyl (C=O) groups excluding carboxylic acids is 1. The Hall–Kier alpha value is -3.68. The van der Waals surface area contributed by atoms with Crippen LogP contribution in [0.5, 0.6) is 0 Å². The third-order valence-electron chi connectivity index (χ3n) is 5.06. The Labute approximate surface area is 182 Å². The van der Waals surface area contributed by atoms with Gasteiger partial charge in [0, 0.05) is 11.1 Å². The molecule has 1 amide bonds. The van der Waals surface area contributed by atoms with Crippen molar-refractivity contribution in [2.75, 3.05) is 5.32 Å². The highest BCUT2D eigenvalue weighted by Crippen LogP contribution is 2.31. The number of hydrogen-bond donors (Lipinski definition) is 1. The topological polar surface area (TPSA) is 59.3 Å². The second-order valence-electron chi connectivity index (χ2n) is 8.51. The van der Waals surface area contributed by atoms with Crippen molar-refractivity contribution in [3.8, 4) is 11.3 Å². The fourth-order valence-electron chi connectivity index (χ4n) is 3.26. The number of imidazole rings is 1. The number of anilines is 1. The third-order valence-corrected chi connectivity index (χ3v) is 5.06. The maximum Gasteiger partial charge on any atom is 0.416 e. The molecule has 0 fully saturated rings. The molecule has 0 radical (unpaired) electrons. The van der Waals surface area contributed by atoms with Crippen LogP contribution in [0.1, 0.15) is 42.3 Å².